The van der Waals surface area contributed by atoms with Crippen LogP contribution in [-0.2, 0) is 21.2 Å². The van der Waals surface area contributed by atoms with E-state index in [-0.39, 0.29) is 15.8 Å². The first-order valence-electron chi connectivity index (χ1n) is 11.9. The van der Waals surface area contributed by atoms with Crippen molar-refractivity contribution in [1.82, 2.24) is 4.31 Å². The number of fused-ring (bicyclic) bond motifs is 1. The monoisotopic (exact) mass is 557 g/mol. The maximum Gasteiger partial charge on any atom is 0.258 e. The quantitative estimate of drug-likeness (QED) is 0.422. The highest BCUT2D eigenvalue weighted by atomic mass is 35.5. The number of benzene rings is 3. The Bertz CT molecular complexity index is 1460. The van der Waals surface area contributed by atoms with Crippen LogP contribution in [0.1, 0.15) is 22.8 Å². The van der Waals surface area contributed by atoms with Gasteiger partial charge in [-0.05, 0) is 73.5 Å². The summed E-state index contributed by atoms with van der Waals surface area (Å²) in [5.41, 5.74) is 2.66. The maximum absolute atomic E-state index is 13.1. The fourth-order valence-electron chi connectivity index (χ4n) is 4.14. The molecule has 2 amide bonds. The van der Waals surface area contributed by atoms with Crippen molar-refractivity contribution in [3.8, 4) is 11.5 Å². The van der Waals surface area contributed by atoms with Gasteiger partial charge in [0.2, 0.25) is 15.9 Å². The second-order valence-corrected chi connectivity index (χ2v) is 11.1. The number of nitrogens with one attached hydrogen (secondary N) is 1. The molecule has 0 saturated heterocycles. The largest absolute Gasteiger partial charge is 0.497 e. The molecule has 38 heavy (non-hydrogen) atoms. The maximum atomic E-state index is 13.1. The van der Waals surface area contributed by atoms with Crippen molar-refractivity contribution in [1.29, 1.82) is 0 Å². The third-order valence-electron chi connectivity index (χ3n) is 6.12. The average Bonchev–Trinajstić information content (AvgIpc) is 3.32. The predicted octanol–water partition coefficient (Wildman–Crippen LogP) is 4.21. The van der Waals surface area contributed by atoms with E-state index in [1.165, 1.54) is 25.2 Å². The Balaban J connectivity index is 1.45. The van der Waals surface area contributed by atoms with Gasteiger partial charge in [-0.3, -0.25) is 9.59 Å². The van der Waals surface area contributed by atoms with Crippen LogP contribution in [0, 0.1) is 0 Å². The number of hydrogen-bond donors (Lipinski definition) is 1. The number of sulfonamides is 1. The molecule has 3 aromatic rings. The number of carbonyl (C=O) groups excluding carboxylic acids is 2. The van der Waals surface area contributed by atoms with Gasteiger partial charge in [0.05, 0.1) is 30.2 Å². The first-order chi connectivity index (χ1) is 18.1. The Morgan fingerprint density at radius 1 is 1.08 bits per heavy atom. The minimum atomic E-state index is -3.98. The minimum absolute atomic E-state index is 0.0496. The Morgan fingerprint density at radius 3 is 2.47 bits per heavy atom. The van der Waals surface area contributed by atoms with Crippen molar-refractivity contribution in [3.63, 3.8) is 0 Å². The predicted molar refractivity (Wildman–Crippen MR) is 146 cm³/mol. The van der Waals surface area contributed by atoms with Gasteiger partial charge in [0, 0.05) is 30.5 Å². The Kier molecular flexibility index (Phi) is 8.25. The van der Waals surface area contributed by atoms with Gasteiger partial charge in [0.25, 0.3) is 5.91 Å². The zero-order valence-electron chi connectivity index (χ0n) is 21.2. The average molecular weight is 558 g/mol. The number of ether oxygens (including phenoxy) is 2. The lowest BCUT2D eigenvalue weighted by Crippen LogP contribution is -2.35. The third kappa shape index (κ3) is 5.77. The molecule has 3 aromatic carbocycles. The molecule has 1 aliphatic heterocycles. The van der Waals surface area contributed by atoms with Crippen molar-refractivity contribution in [2.75, 3.05) is 44.1 Å². The van der Waals surface area contributed by atoms with Gasteiger partial charge in [-0.15, -0.1) is 0 Å². The van der Waals surface area contributed by atoms with E-state index < -0.39 is 22.5 Å². The van der Waals surface area contributed by atoms with Gasteiger partial charge in [-0.1, -0.05) is 17.7 Å². The van der Waals surface area contributed by atoms with Gasteiger partial charge in [-0.25, -0.2) is 8.42 Å². The van der Waals surface area contributed by atoms with Crippen molar-refractivity contribution in [3.05, 3.63) is 76.8 Å². The fourth-order valence-corrected chi connectivity index (χ4v) is 5.59. The number of carbonyl (C=O) groups is 2. The molecule has 0 bridgehead atoms. The number of hydrogen-bond acceptors (Lipinski definition) is 6. The fraction of sp³-hybridized carbons (Fsp3) is 0.259. The summed E-state index contributed by atoms with van der Waals surface area (Å²) in [4.78, 5) is 27.5. The minimum Gasteiger partial charge on any atom is -0.497 e. The van der Waals surface area contributed by atoms with Crippen LogP contribution in [0.2, 0.25) is 5.02 Å². The van der Waals surface area contributed by atoms with Crippen LogP contribution in [0.4, 0.5) is 11.4 Å². The van der Waals surface area contributed by atoms with E-state index in [0.29, 0.717) is 48.0 Å². The summed E-state index contributed by atoms with van der Waals surface area (Å²) in [7, 11) is -1.10. The number of methoxy groups -OCH3 is 1. The highest BCUT2D eigenvalue weighted by Crippen LogP contribution is 2.32. The first kappa shape index (κ1) is 27.4. The molecule has 11 heteroatoms. The Labute approximate surface area is 227 Å². The van der Waals surface area contributed by atoms with Gasteiger partial charge in [0.1, 0.15) is 11.5 Å². The standard InChI is InChI=1S/C27H28ClN3O6S/c1-4-37-25-12-11-22(16-23(25)28)38(34,35)30(2)17-26(32)29-20-8-5-18-13-14-31(24(18)15-20)27(33)19-6-9-21(36-3)10-7-19/h5-12,15-16H,4,13-14,17H2,1-3H3,(H,29,32). The molecule has 0 aliphatic carbocycles. The van der Waals surface area contributed by atoms with Crippen LogP contribution in [0.5, 0.6) is 11.5 Å². The molecule has 0 radical (unpaired) electrons. The second kappa shape index (κ2) is 11.4. The van der Waals surface area contributed by atoms with E-state index in [4.69, 9.17) is 21.1 Å². The number of rotatable bonds is 9. The van der Waals surface area contributed by atoms with Crippen LogP contribution in [0.15, 0.2) is 65.6 Å². The first-order valence-corrected chi connectivity index (χ1v) is 13.7. The summed E-state index contributed by atoms with van der Waals surface area (Å²) in [6.07, 6.45) is 0.692. The zero-order valence-corrected chi connectivity index (χ0v) is 22.8. The molecule has 0 saturated carbocycles. The highest BCUT2D eigenvalue weighted by Gasteiger charge is 2.27. The van der Waals surface area contributed by atoms with Crippen molar-refractivity contribution >= 4 is 44.8 Å². The molecule has 0 aromatic heterocycles. The summed E-state index contributed by atoms with van der Waals surface area (Å²) in [6.45, 7) is 2.29. The lowest BCUT2D eigenvalue weighted by atomic mass is 10.1. The number of anilines is 2. The van der Waals surface area contributed by atoms with Crippen molar-refractivity contribution in [2.45, 2.75) is 18.2 Å². The van der Waals surface area contributed by atoms with Crippen molar-refractivity contribution in [2.24, 2.45) is 0 Å². The number of likely N-dealkylation sites (N-methyl/N-ethyl adjacent to an activating group) is 1. The molecule has 0 atom stereocenters. The number of amides is 2. The molecule has 0 spiro atoms. The van der Waals surface area contributed by atoms with Gasteiger partial charge < -0.3 is 19.7 Å². The Hall–Kier alpha value is -3.60. The van der Waals surface area contributed by atoms with Gasteiger partial charge in [0.15, 0.2) is 0 Å². The smallest absolute Gasteiger partial charge is 0.258 e. The van der Waals surface area contributed by atoms with Crippen LogP contribution < -0.4 is 19.7 Å². The molecular weight excluding hydrogens is 530 g/mol. The van der Waals surface area contributed by atoms with Gasteiger partial charge >= 0.3 is 0 Å². The van der Waals surface area contributed by atoms with E-state index in [1.807, 2.05) is 6.07 Å². The van der Waals surface area contributed by atoms with E-state index in [9.17, 15) is 18.0 Å². The summed E-state index contributed by atoms with van der Waals surface area (Å²) in [5.74, 6) is 0.351. The zero-order chi connectivity index (χ0) is 27.4. The second-order valence-electron chi connectivity index (χ2n) is 8.61. The summed E-state index contributed by atoms with van der Waals surface area (Å²) < 4.78 is 37.4. The molecule has 4 rings (SSSR count). The van der Waals surface area contributed by atoms with E-state index in [1.54, 1.807) is 55.3 Å². The number of nitrogens with zero attached hydrogens (tertiary/aromatic N) is 2. The topological polar surface area (TPSA) is 105 Å². The van der Waals surface area contributed by atoms with Crippen LogP contribution >= 0.6 is 11.6 Å². The molecule has 1 N–H and O–H groups in total. The summed E-state index contributed by atoms with van der Waals surface area (Å²) in [5, 5.41) is 2.90. The molecule has 0 fully saturated rings. The third-order valence-corrected chi connectivity index (χ3v) is 8.22. The molecule has 1 aliphatic rings. The molecule has 0 unspecified atom stereocenters. The summed E-state index contributed by atoms with van der Waals surface area (Å²) >= 11 is 6.14. The van der Waals surface area contributed by atoms with Crippen molar-refractivity contribution < 1.29 is 27.5 Å². The molecule has 9 nitrogen and oxygen atoms in total. The SMILES string of the molecule is CCOc1ccc(S(=O)(=O)N(C)CC(=O)Nc2ccc3c(c2)N(C(=O)c2ccc(OC)cc2)CC3)cc1Cl. The highest BCUT2D eigenvalue weighted by molar-refractivity contribution is 7.89. The van der Waals surface area contributed by atoms with Crippen LogP contribution in [0.25, 0.3) is 0 Å². The van der Waals surface area contributed by atoms with E-state index in [0.717, 1.165) is 9.87 Å². The normalized spacial score (nSPS) is 12.8. The van der Waals surface area contributed by atoms with E-state index in [2.05, 4.69) is 5.32 Å². The van der Waals surface area contributed by atoms with Crippen LogP contribution in [0.3, 0.4) is 0 Å². The number of halogens is 1. The van der Waals surface area contributed by atoms with E-state index >= 15 is 0 Å². The van der Waals surface area contributed by atoms with Crippen LogP contribution in [-0.4, -0.2) is 58.4 Å². The Morgan fingerprint density at radius 2 is 1.82 bits per heavy atom. The molecular formula is C27H28ClN3O6S. The summed E-state index contributed by atoms with van der Waals surface area (Å²) in [6, 6.07) is 16.4. The molecule has 1 heterocycles. The van der Waals surface area contributed by atoms with Gasteiger partial charge in [-0.2, -0.15) is 4.31 Å². The molecule has 200 valence electrons. The lowest BCUT2D eigenvalue weighted by molar-refractivity contribution is -0.116. The lowest BCUT2D eigenvalue weighted by Gasteiger charge is -2.19.